The number of hydrogen-bond acceptors (Lipinski definition) is 0. The van der Waals surface area contributed by atoms with Crippen LogP contribution in [-0.4, -0.2) is 5.88 Å². The lowest BCUT2D eigenvalue weighted by Gasteiger charge is -2.22. The fourth-order valence-corrected chi connectivity index (χ4v) is 4.53. The number of hydrogen-bond donors (Lipinski definition) is 0. The molecule has 0 N–H and O–H groups in total. The Balaban J connectivity index is 2.13. The Morgan fingerprint density at radius 1 is 1.15 bits per heavy atom. The van der Waals surface area contributed by atoms with Crippen LogP contribution in [0.25, 0.3) is 0 Å². The smallest absolute Gasteiger partial charge is 0.0262 e. The first-order chi connectivity index (χ1) is 6.05. The van der Waals surface area contributed by atoms with Crippen molar-refractivity contribution in [3.8, 4) is 0 Å². The molecule has 0 saturated heterocycles. The Morgan fingerprint density at radius 2 is 1.69 bits per heavy atom. The molecule has 0 aromatic heterocycles. The standard InChI is InChI=1S/C12H21Cl/c1-11(2)10(8-13)12(11,3)9-6-4-5-7-9/h9-10H,4-8H2,1-3H3. The first kappa shape index (κ1) is 9.83. The van der Waals surface area contributed by atoms with Gasteiger partial charge in [-0.1, -0.05) is 33.6 Å². The van der Waals surface area contributed by atoms with Gasteiger partial charge in [0, 0.05) is 5.88 Å². The van der Waals surface area contributed by atoms with Crippen molar-refractivity contribution in [1.29, 1.82) is 0 Å². The van der Waals surface area contributed by atoms with Gasteiger partial charge < -0.3 is 0 Å². The van der Waals surface area contributed by atoms with E-state index in [9.17, 15) is 0 Å². The lowest BCUT2D eigenvalue weighted by atomic mass is 9.83. The van der Waals surface area contributed by atoms with E-state index in [0.29, 0.717) is 10.8 Å². The molecule has 0 aromatic rings. The predicted octanol–water partition coefficient (Wildman–Crippen LogP) is 4.08. The largest absolute Gasteiger partial charge is 0.126 e. The Kier molecular flexibility index (Phi) is 2.18. The van der Waals surface area contributed by atoms with Gasteiger partial charge in [-0.3, -0.25) is 0 Å². The molecule has 2 saturated carbocycles. The highest BCUT2D eigenvalue weighted by Crippen LogP contribution is 2.74. The summed E-state index contributed by atoms with van der Waals surface area (Å²) in [5, 5.41) is 0. The van der Waals surface area contributed by atoms with E-state index in [1.807, 2.05) is 0 Å². The summed E-state index contributed by atoms with van der Waals surface area (Å²) in [5.41, 5.74) is 1.06. The van der Waals surface area contributed by atoms with E-state index in [-0.39, 0.29) is 0 Å². The van der Waals surface area contributed by atoms with Crippen LogP contribution in [-0.2, 0) is 0 Å². The van der Waals surface area contributed by atoms with Gasteiger partial charge in [0.2, 0.25) is 0 Å². The fourth-order valence-electron chi connectivity index (χ4n) is 3.83. The molecule has 2 atom stereocenters. The van der Waals surface area contributed by atoms with Crippen LogP contribution in [0.5, 0.6) is 0 Å². The minimum Gasteiger partial charge on any atom is -0.126 e. The van der Waals surface area contributed by atoms with Crippen LogP contribution in [0.15, 0.2) is 0 Å². The molecule has 0 radical (unpaired) electrons. The summed E-state index contributed by atoms with van der Waals surface area (Å²) in [4.78, 5) is 0. The Morgan fingerprint density at radius 3 is 2.08 bits per heavy atom. The molecule has 2 aliphatic rings. The van der Waals surface area contributed by atoms with E-state index >= 15 is 0 Å². The van der Waals surface area contributed by atoms with Gasteiger partial charge >= 0.3 is 0 Å². The molecule has 1 heteroatoms. The van der Waals surface area contributed by atoms with E-state index in [1.54, 1.807) is 0 Å². The number of halogens is 1. The molecular weight excluding hydrogens is 180 g/mol. The van der Waals surface area contributed by atoms with E-state index < -0.39 is 0 Å². The van der Waals surface area contributed by atoms with Gasteiger partial charge in [0.05, 0.1) is 0 Å². The van der Waals surface area contributed by atoms with Gasteiger partial charge in [0.25, 0.3) is 0 Å². The molecule has 76 valence electrons. The zero-order chi connectivity index (χ0) is 9.69. The van der Waals surface area contributed by atoms with Crippen molar-refractivity contribution >= 4 is 11.6 Å². The van der Waals surface area contributed by atoms with Crippen molar-refractivity contribution in [2.75, 3.05) is 5.88 Å². The fraction of sp³-hybridized carbons (Fsp3) is 1.00. The molecular formula is C12H21Cl. The van der Waals surface area contributed by atoms with Crippen molar-refractivity contribution in [1.82, 2.24) is 0 Å². The summed E-state index contributed by atoms with van der Waals surface area (Å²) in [5.74, 6) is 2.59. The third-order valence-electron chi connectivity index (χ3n) is 5.26. The van der Waals surface area contributed by atoms with E-state index in [2.05, 4.69) is 20.8 Å². The first-order valence-corrected chi connectivity index (χ1v) is 6.14. The molecule has 2 rings (SSSR count). The molecule has 0 heterocycles. The third-order valence-corrected chi connectivity index (χ3v) is 5.57. The normalized spacial score (nSPS) is 43.8. The minimum atomic E-state index is 0.504. The van der Waals surface area contributed by atoms with Crippen LogP contribution < -0.4 is 0 Å². The van der Waals surface area contributed by atoms with Crippen LogP contribution in [0.4, 0.5) is 0 Å². The molecule has 13 heavy (non-hydrogen) atoms. The third kappa shape index (κ3) is 1.11. The lowest BCUT2D eigenvalue weighted by molar-refractivity contribution is 0.267. The van der Waals surface area contributed by atoms with E-state index in [0.717, 1.165) is 17.7 Å². The van der Waals surface area contributed by atoms with Crippen molar-refractivity contribution in [2.24, 2.45) is 22.7 Å². The summed E-state index contributed by atoms with van der Waals surface area (Å²) < 4.78 is 0. The maximum absolute atomic E-state index is 6.05. The predicted molar refractivity (Wildman–Crippen MR) is 58.1 cm³/mol. The second kappa shape index (κ2) is 2.89. The highest BCUT2D eigenvalue weighted by molar-refractivity contribution is 6.18. The molecule has 0 bridgehead atoms. The number of rotatable bonds is 2. The summed E-state index contributed by atoms with van der Waals surface area (Å²) in [6.45, 7) is 7.27. The molecule has 2 unspecified atom stereocenters. The van der Waals surface area contributed by atoms with E-state index in [1.165, 1.54) is 25.7 Å². The zero-order valence-corrected chi connectivity index (χ0v) is 9.82. The van der Waals surface area contributed by atoms with Crippen LogP contribution in [0.2, 0.25) is 0 Å². The second-order valence-electron chi connectivity index (χ2n) is 5.69. The van der Waals surface area contributed by atoms with Crippen molar-refractivity contribution in [3.05, 3.63) is 0 Å². The van der Waals surface area contributed by atoms with Gasteiger partial charge in [-0.15, -0.1) is 11.6 Å². The quantitative estimate of drug-likeness (QED) is 0.590. The minimum absolute atomic E-state index is 0.504. The molecule has 0 nitrogen and oxygen atoms in total. The lowest BCUT2D eigenvalue weighted by Crippen LogP contribution is -2.15. The van der Waals surface area contributed by atoms with Gasteiger partial charge in [0.1, 0.15) is 0 Å². The topological polar surface area (TPSA) is 0 Å². The molecule has 0 amide bonds. The van der Waals surface area contributed by atoms with Crippen molar-refractivity contribution in [2.45, 2.75) is 46.5 Å². The monoisotopic (exact) mass is 200 g/mol. The van der Waals surface area contributed by atoms with Crippen LogP contribution in [0, 0.1) is 22.7 Å². The Labute approximate surface area is 87.0 Å². The summed E-state index contributed by atoms with van der Waals surface area (Å²) in [6, 6.07) is 0. The van der Waals surface area contributed by atoms with Crippen molar-refractivity contribution < 1.29 is 0 Å². The molecule has 0 aliphatic heterocycles. The SMILES string of the molecule is CC1(C)C(CCl)C1(C)C1CCCC1. The van der Waals surface area contributed by atoms with Crippen LogP contribution >= 0.6 is 11.6 Å². The molecule has 0 spiro atoms. The molecule has 2 aliphatic carbocycles. The highest BCUT2D eigenvalue weighted by atomic mass is 35.5. The van der Waals surface area contributed by atoms with Gasteiger partial charge in [-0.25, -0.2) is 0 Å². The average molecular weight is 201 g/mol. The maximum Gasteiger partial charge on any atom is 0.0262 e. The first-order valence-electron chi connectivity index (χ1n) is 5.61. The molecule has 2 fully saturated rings. The van der Waals surface area contributed by atoms with E-state index in [4.69, 9.17) is 11.6 Å². The maximum atomic E-state index is 6.05. The molecule has 0 aromatic carbocycles. The van der Waals surface area contributed by atoms with Gasteiger partial charge in [0.15, 0.2) is 0 Å². The second-order valence-corrected chi connectivity index (χ2v) is 6.00. The summed E-state index contributed by atoms with van der Waals surface area (Å²) >= 11 is 6.05. The number of alkyl halides is 1. The van der Waals surface area contributed by atoms with Crippen LogP contribution in [0.3, 0.4) is 0 Å². The summed E-state index contributed by atoms with van der Waals surface area (Å²) in [7, 11) is 0. The Bertz CT molecular complexity index is 203. The van der Waals surface area contributed by atoms with Gasteiger partial charge in [-0.2, -0.15) is 0 Å². The van der Waals surface area contributed by atoms with Crippen molar-refractivity contribution in [3.63, 3.8) is 0 Å². The Hall–Kier alpha value is 0.290. The average Bonchev–Trinajstić information content (AvgIpc) is 2.52. The zero-order valence-electron chi connectivity index (χ0n) is 9.07. The van der Waals surface area contributed by atoms with Crippen LogP contribution in [0.1, 0.15) is 46.5 Å². The summed E-state index contributed by atoms with van der Waals surface area (Å²) in [6.07, 6.45) is 5.80. The van der Waals surface area contributed by atoms with Gasteiger partial charge in [-0.05, 0) is 35.5 Å². The highest BCUT2D eigenvalue weighted by Gasteiger charge is 2.69.